The zero-order chi connectivity index (χ0) is 17.0. The average molecular weight is 339 g/mol. The fourth-order valence-electron chi connectivity index (χ4n) is 2.39. The molecule has 0 bridgehead atoms. The third kappa shape index (κ3) is 3.61. The molecule has 2 aromatic carbocycles. The molecule has 0 radical (unpaired) electrons. The average Bonchev–Trinajstić information content (AvgIpc) is 2.62. The second-order valence-corrected chi connectivity index (χ2v) is 6.97. The van der Waals surface area contributed by atoms with Crippen LogP contribution in [0, 0.1) is 0 Å². The molecule has 0 aliphatic carbocycles. The first-order valence-corrected chi connectivity index (χ1v) is 8.88. The molecule has 24 heavy (non-hydrogen) atoms. The Morgan fingerprint density at radius 2 is 1.38 bits per heavy atom. The summed E-state index contributed by atoms with van der Waals surface area (Å²) in [4.78, 5) is 3.91. The smallest absolute Gasteiger partial charge is 0.258 e. The molecular formula is C18H17N3O2S. The molecule has 3 rings (SSSR count). The number of nitrogens with two attached hydrogens (primary N) is 1. The van der Waals surface area contributed by atoms with Crippen LogP contribution < -0.4 is 10.5 Å². The van der Waals surface area contributed by atoms with Gasteiger partial charge in [-0.05, 0) is 23.3 Å². The summed E-state index contributed by atoms with van der Waals surface area (Å²) in [6, 6.07) is 21.2. The van der Waals surface area contributed by atoms with Crippen molar-refractivity contribution >= 4 is 15.7 Å². The van der Waals surface area contributed by atoms with Crippen LogP contribution in [0.4, 0.5) is 5.69 Å². The third-order valence-corrected chi connectivity index (χ3v) is 4.91. The van der Waals surface area contributed by atoms with Gasteiger partial charge in [0.05, 0.1) is 17.9 Å². The van der Waals surface area contributed by atoms with Gasteiger partial charge >= 0.3 is 0 Å². The van der Waals surface area contributed by atoms with Gasteiger partial charge in [0, 0.05) is 0 Å². The summed E-state index contributed by atoms with van der Waals surface area (Å²) in [5.41, 5.74) is 7.69. The lowest BCUT2D eigenvalue weighted by atomic mass is 10.00. The Bertz CT molecular complexity index is 857. The van der Waals surface area contributed by atoms with Crippen LogP contribution in [0.3, 0.4) is 0 Å². The van der Waals surface area contributed by atoms with Crippen LogP contribution in [0.2, 0.25) is 0 Å². The van der Waals surface area contributed by atoms with Crippen molar-refractivity contribution in [2.24, 2.45) is 0 Å². The fourth-order valence-corrected chi connectivity index (χ4v) is 3.53. The minimum Gasteiger partial charge on any atom is -0.397 e. The van der Waals surface area contributed by atoms with E-state index in [-0.39, 0.29) is 5.03 Å². The van der Waals surface area contributed by atoms with E-state index in [0.717, 1.165) is 11.1 Å². The number of hydrogen-bond acceptors (Lipinski definition) is 4. The number of nitrogens with zero attached hydrogens (tertiary/aromatic N) is 1. The van der Waals surface area contributed by atoms with Crippen LogP contribution in [-0.2, 0) is 10.0 Å². The summed E-state index contributed by atoms with van der Waals surface area (Å²) in [5.74, 6) is 0. The number of anilines is 1. The number of nitrogen functional groups attached to an aromatic ring is 1. The lowest BCUT2D eigenvalue weighted by Gasteiger charge is -2.19. The quantitative estimate of drug-likeness (QED) is 0.748. The predicted octanol–water partition coefficient (Wildman–Crippen LogP) is 2.73. The number of sulfonamides is 1. The van der Waals surface area contributed by atoms with Crippen LogP contribution in [0.1, 0.15) is 17.2 Å². The highest BCUT2D eigenvalue weighted by Crippen LogP contribution is 2.24. The van der Waals surface area contributed by atoms with E-state index < -0.39 is 16.1 Å². The van der Waals surface area contributed by atoms with E-state index in [4.69, 9.17) is 5.73 Å². The topological polar surface area (TPSA) is 85.1 Å². The standard InChI is InChI=1S/C18H17N3O2S/c19-16-11-12-17(20-13-16)24(22,23)21-18(14-7-3-1-4-8-14)15-9-5-2-6-10-15/h1-13,18,21H,19H2. The zero-order valence-electron chi connectivity index (χ0n) is 12.8. The van der Waals surface area contributed by atoms with E-state index in [1.54, 1.807) is 0 Å². The van der Waals surface area contributed by atoms with Crippen LogP contribution >= 0.6 is 0 Å². The van der Waals surface area contributed by atoms with Gasteiger partial charge in [-0.2, -0.15) is 4.72 Å². The first kappa shape index (κ1) is 16.2. The predicted molar refractivity (Wildman–Crippen MR) is 93.7 cm³/mol. The molecule has 3 N–H and O–H groups in total. The Morgan fingerprint density at radius 1 is 0.833 bits per heavy atom. The molecule has 0 aliphatic heterocycles. The number of hydrogen-bond donors (Lipinski definition) is 2. The highest BCUT2D eigenvalue weighted by atomic mass is 32.2. The summed E-state index contributed by atoms with van der Waals surface area (Å²) in [5, 5.41) is -0.0615. The molecule has 0 unspecified atom stereocenters. The van der Waals surface area contributed by atoms with Crippen molar-refractivity contribution in [3.63, 3.8) is 0 Å². The van der Waals surface area contributed by atoms with Gasteiger partial charge < -0.3 is 5.73 Å². The molecule has 0 amide bonds. The van der Waals surface area contributed by atoms with Crippen molar-refractivity contribution in [2.75, 3.05) is 5.73 Å². The largest absolute Gasteiger partial charge is 0.397 e. The van der Waals surface area contributed by atoms with E-state index in [2.05, 4.69) is 9.71 Å². The van der Waals surface area contributed by atoms with Crippen LogP contribution in [0.15, 0.2) is 84.0 Å². The second kappa shape index (κ2) is 6.82. The molecule has 1 heterocycles. The van der Waals surface area contributed by atoms with Gasteiger partial charge in [0.25, 0.3) is 10.0 Å². The lowest BCUT2D eigenvalue weighted by molar-refractivity contribution is 0.568. The minimum absolute atomic E-state index is 0.0615. The molecule has 6 heteroatoms. The van der Waals surface area contributed by atoms with E-state index in [9.17, 15) is 8.42 Å². The first-order chi connectivity index (χ1) is 11.6. The van der Waals surface area contributed by atoms with E-state index in [1.165, 1.54) is 18.3 Å². The van der Waals surface area contributed by atoms with Gasteiger partial charge in [-0.1, -0.05) is 60.7 Å². The SMILES string of the molecule is Nc1ccc(S(=O)(=O)NC(c2ccccc2)c2ccccc2)nc1. The summed E-state index contributed by atoms with van der Waals surface area (Å²) in [7, 11) is -3.79. The van der Waals surface area contributed by atoms with Crippen molar-refractivity contribution < 1.29 is 8.42 Å². The van der Waals surface area contributed by atoms with Crippen molar-refractivity contribution in [2.45, 2.75) is 11.1 Å². The van der Waals surface area contributed by atoms with Crippen molar-refractivity contribution in [1.29, 1.82) is 0 Å². The molecule has 0 saturated carbocycles. The summed E-state index contributed by atoms with van der Waals surface area (Å²) in [6.07, 6.45) is 1.33. The number of benzene rings is 2. The van der Waals surface area contributed by atoms with Gasteiger partial charge in [-0.3, -0.25) is 0 Å². The molecule has 3 aromatic rings. The fraction of sp³-hybridized carbons (Fsp3) is 0.0556. The summed E-state index contributed by atoms with van der Waals surface area (Å²) in [6.45, 7) is 0. The normalized spacial score (nSPS) is 11.5. The van der Waals surface area contributed by atoms with Crippen molar-refractivity contribution in [3.05, 3.63) is 90.1 Å². The van der Waals surface area contributed by atoms with E-state index in [0.29, 0.717) is 5.69 Å². The maximum absolute atomic E-state index is 12.7. The summed E-state index contributed by atoms with van der Waals surface area (Å²) < 4.78 is 28.1. The third-order valence-electron chi connectivity index (χ3n) is 3.57. The molecule has 0 aliphatic rings. The second-order valence-electron chi connectivity index (χ2n) is 5.31. The molecule has 1 aromatic heterocycles. The molecular weight excluding hydrogens is 322 g/mol. The number of nitrogens with one attached hydrogen (secondary N) is 1. The first-order valence-electron chi connectivity index (χ1n) is 7.40. The monoisotopic (exact) mass is 339 g/mol. The molecule has 0 fully saturated rings. The number of aromatic nitrogens is 1. The number of rotatable bonds is 5. The zero-order valence-corrected chi connectivity index (χ0v) is 13.6. The van der Waals surface area contributed by atoms with E-state index in [1.807, 2.05) is 60.7 Å². The van der Waals surface area contributed by atoms with Gasteiger partial charge in [-0.15, -0.1) is 0 Å². The molecule has 0 atom stereocenters. The van der Waals surface area contributed by atoms with Crippen LogP contribution in [0.5, 0.6) is 0 Å². The Labute approximate surface area is 141 Å². The maximum Gasteiger partial charge on any atom is 0.258 e. The highest BCUT2D eigenvalue weighted by molar-refractivity contribution is 7.89. The van der Waals surface area contributed by atoms with Gasteiger partial charge in [0.15, 0.2) is 5.03 Å². The van der Waals surface area contributed by atoms with Gasteiger partial charge in [-0.25, -0.2) is 13.4 Å². The minimum atomic E-state index is -3.79. The molecule has 0 spiro atoms. The Morgan fingerprint density at radius 3 is 1.83 bits per heavy atom. The Hall–Kier alpha value is -2.70. The van der Waals surface area contributed by atoms with Gasteiger partial charge in [0.1, 0.15) is 0 Å². The summed E-state index contributed by atoms with van der Waals surface area (Å²) >= 11 is 0. The van der Waals surface area contributed by atoms with Crippen molar-refractivity contribution in [3.8, 4) is 0 Å². The van der Waals surface area contributed by atoms with Crippen molar-refractivity contribution in [1.82, 2.24) is 9.71 Å². The highest BCUT2D eigenvalue weighted by Gasteiger charge is 2.23. The lowest BCUT2D eigenvalue weighted by Crippen LogP contribution is -2.30. The van der Waals surface area contributed by atoms with Crippen LogP contribution in [0.25, 0.3) is 0 Å². The van der Waals surface area contributed by atoms with Crippen LogP contribution in [-0.4, -0.2) is 13.4 Å². The maximum atomic E-state index is 12.7. The molecule has 5 nitrogen and oxygen atoms in total. The number of pyridine rings is 1. The van der Waals surface area contributed by atoms with E-state index >= 15 is 0 Å². The molecule has 0 saturated heterocycles. The molecule has 122 valence electrons. The Kier molecular flexibility index (Phi) is 4.59. The van der Waals surface area contributed by atoms with Gasteiger partial charge in [0.2, 0.25) is 0 Å². The Balaban J connectivity index is 1.99.